The Kier molecular flexibility index (Phi) is 8.25. The molecule has 7 rings (SSSR count). The fourth-order valence-corrected chi connectivity index (χ4v) is 6.05. The zero-order chi connectivity index (χ0) is 31.1. The van der Waals surface area contributed by atoms with Crippen LogP contribution in [-0.4, -0.2) is 4.57 Å². The first-order chi connectivity index (χ1) is 22.8. The third kappa shape index (κ3) is 5.85. The second-order valence-electron chi connectivity index (χ2n) is 11.1. The van der Waals surface area contributed by atoms with E-state index in [-0.39, 0.29) is 0 Å². The standard InChI is InChI=1S/C44H34N2/c1-2-34(35-17-7-3-8-18-35)21-16-31-45(37-22-11-5-12-23-37)39-28-29-41(43(33-39)36-19-9-4-10-20-36)40-26-15-27-44-42(40)30-32-46(44)38-24-13-6-14-25-38/h2-33H,1H2/b31-16+,34-21+. The van der Waals surface area contributed by atoms with Crippen molar-refractivity contribution in [1.29, 1.82) is 0 Å². The first-order valence-electron chi connectivity index (χ1n) is 15.6. The molecule has 6 aromatic carbocycles. The molecule has 2 nitrogen and oxygen atoms in total. The molecular formula is C44H34N2. The van der Waals surface area contributed by atoms with Gasteiger partial charge in [0.2, 0.25) is 0 Å². The van der Waals surface area contributed by atoms with Gasteiger partial charge in [0.05, 0.1) is 5.52 Å². The topological polar surface area (TPSA) is 8.17 Å². The summed E-state index contributed by atoms with van der Waals surface area (Å²) in [5, 5.41) is 1.22. The lowest BCUT2D eigenvalue weighted by molar-refractivity contribution is 1.13. The highest BCUT2D eigenvalue weighted by Gasteiger charge is 2.16. The molecule has 1 heterocycles. The molecule has 0 unspecified atom stereocenters. The maximum absolute atomic E-state index is 4.06. The molecule has 2 heteroatoms. The molecule has 0 aliphatic rings. The first-order valence-corrected chi connectivity index (χ1v) is 15.6. The van der Waals surface area contributed by atoms with Crippen LogP contribution in [0.25, 0.3) is 44.4 Å². The summed E-state index contributed by atoms with van der Waals surface area (Å²) >= 11 is 0. The van der Waals surface area contributed by atoms with Crippen molar-refractivity contribution < 1.29 is 0 Å². The number of hydrogen-bond acceptors (Lipinski definition) is 1. The summed E-state index contributed by atoms with van der Waals surface area (Å²) < 4.78 is 2.26. The van der Waals surface area contributed by atoms with Gasteiger partial charge in [0.25, 0.3) is 0 Å². The second kappa shape index (κ2) is 13.3. The van der Waals surface area contributed by atoms with E-state index in [4.69, 9.17) is 0 Å². The van der Waals surface area contributed by atoms with Gasteiger partial charge in [-0.25, -0.2) is 0 Å². The summed E-state index contributed by atoms with van der Waals surface area (Å²) in [4.78, 5) is 2.24. The Bertz CT molecular complexity index is 2140. The second-order valence-corrected chi connectivity index (χ2v) is 11.1. The van der Waals surface area contributed by atoms with Crippen LogP contribution < -0.4 is 4.90 Å². The largest absolute Gasteiger partial charge is 0.317 e. The molecule has 0 amide bonds. The number of allylic oxidation sites excluding steroid dienone is 4. The molecule has 220 valence electrons. The average molecular weight is 591 g/mol. The van der Waals surface area contributed by atoms with E-state index < -0.39 is 0 Å². The van der Waals surface area contributed by atoms with E-state index in [9.17, 15) is 0 Å². The molecule has 0 radical (unpaired) electrons. The highest BCUT2D eigenvalue weighted by molar-refractivity contribution is 6.01. The molecule has 0 saturated heterocycles. The maximum atomic E-state index is 4.06. The number of para-hydroxylation sites is 2. The molecule has 0 aliphatic heterocycles. The normalized spacial score (nSPS) is 11.6. The smallest absolute Gasteiger partial charge is 0.0534 e. The number of benzene rings is 6. The van der Waals surface area contributed by atoms with Crippen LogP contribution in [0, 0.1) is 0 Å². The summed E-state index contributed by atoms with van der Waals surface area (Å²) in [5.74, 6) is 0. The van der Waals surface area contributed by atoms with E-state index in [1.807, 2.05) is 12.1 Å². The number of anilines is 2. The molecular weight excluding hydrogens is 556 g/mol. The number of rotatable bonds is 9. The van der Waals surface area contributed by atoms with Gasteiger partial charge in [0.15, 0.2) is 0 Å². The molecule has 0 atom stereocenters. The van der Waals surface area contributed by atoms with Crippen molar-refractivity contribution in [3.8, 4) is 27.9 Å². The lowest BCUT2D eigenvalue weighted by Crippen LogP contribution is -2.08. The Hall–Kier alpha value is -6.12. The molecule has 7 aromatic rings. The average Bonchev–Trinajstić information content (AvgIpc) is 3.58. The predicted octanol–water partition coefficient (Wildman–Crippen LogP) is 11.9. The monoisotopic (exact) mass is 590 g/mol. The van der Waals surface area contributed by atoms with Crippen LogP contribution in [0.3, 0.4) is 0 Å². The van der Waals surface area contributed by atoms with Crippen molar-refractivity contribution in [2.45, 2.75) is 0 Å². The SMILES string of the molecule is C=C/C(=C\C=C\N(c1ccccc1)c1ccc(-c2cccc3c2ccn3-c2ccccc2)c(-c2ccccc2)c1)c1ccccc1. The summed E-state index contributed by atoms with van der Waals surface area (Å²) in [6, 6.07) is 57.7. The first kappa shape index (κ1) is 28.6. The molecule has 0 bridgehead atoms. The van der Waals surface area contributed by atoms with Gasteiger partial charge in [-0.05, 0) is 88.0 Å². The Labute approximate surface area is 271 Å². The van der Waals surface area contributed by atoms with Crippen LogP contribution >= 0.6 is 0 Å². The van der Waals surface area contributed by atoms with Crippen LogP contribution in [0.1, 0.15) is 5.56 Å². The molecule has 0 saturated carbocycles. The van der Waals surface area contributed by atoms with Crippen molar-refractivity contribution in [1.82, 2.24) is 4.57 Å². The van der Waals surface area contributed by atoms with Gasteiger partial charge in [-0.2, -0.15) is 0 Å². The van der Waals surface area contributed by atoms with Crippen molar-refractivity contribution >= 4 is 27.9 Å². The summed E-state index contributed by atoms with van der Waals surface area (Å²) in [6.45, 7) is 4.06. The van der Waals surface area contributed by atoms with E-state index in [0.717, 1.165) is 28.2 Å². The highest BCUT2D eigenvalue weighted by atomic mass is 15.1. The number of aromatic nitrogens is 1. The minimum atomic E-state index is 1.07. The Balaban J connectivity index is 1.36. The van der Waals surface area contributed by atoms with Gasteiger partial charge >= 0.3 is 0 Å². The van der Waals surface area contributed by atoms with Gasteiger partial charge < -0.3 is 9.47 Å². The van der Waals surface area contributed by atoms with E-state index in [0.29, 0.717) is 0 Å². The molecule has 1 aromatic heterocycles. The fraction of sp³-hybridized carbons (Fsp3) is 0. The van der Waals surface area contributed by atoms with Crippen LogP contribution in [0.4, 0.5) is 11.4 Å². The van der Waals surface area contributed by atoms with Crippen LogP contribution in [0.15, 0.2) is 201 Å². The Morgan fingerprint density at radius 3 is 1.96 bits per heavy atom. The molecule has 0 spiro atoms. The molecule has 46 heavy (non-hydrogen) atoms. The third-order valence-corrected chi connectivity index (χ3v) is 8.30. The van der Waals surface area contributed by atoms with Crippen LogP contribution in [0.5, 0.6) is 0 Å². The van der Waals surface area contributed by atoms with Crippen LogP contribution in [-0.2, 0) is 0 Å². The van der Waals surface area contributed by atoms with Gasteiger partial charge in [0.1, 0.15) is 0 Å². The van der Waals surface area contributed by atoms with E-state index in [1.54, 1.807) is 0 Å². The quantitative estimate of drug-likeness (QED) is 0.152. The van der Waals surface area contributed by atoms with Crippen molar-refractivity contribution in [2.24, 2.45) is 0 Å². The zero-order valence-electron chi connectivity index (χ0n) is 25.6. The van der Waals surface area contributed by atoms with Gasteiger partial charge in [-0.3, -0.25) is 0 Å². The van der Waals surface area contributed by atoms with E-state index in [2.05, 4.69) is 198 Å². The number of nitrogens with zero attached hydrogens (tertiary/aromatic N) is 2. The lowest BCUT2D eigenvalue weighted by atomic mass is 9.92. The number of fused-ring (bicyclic) bond motifs is 1. The molecule has 0 aliphatic carbocycles. The van der Waals surface area contributed by atoms with Crippen molar-refractivity contribution in [3.05, 3.63) is 207 Å². The third-order valence-electron chi connectivity index (χ3n) is 8.30. The maximum Gasteiger partial charge on any atom is 0.0534 e. The van der Waals surface area contributed by atoms with E-state index in [1.165, 1.54) is 33.2 Å². The minimum absolute atomic E-state index is 1.07. The minimum Gasteiger partial charge on any atom is -0.317 e. The van der Waals surface area contributed by atoms with Gasteiger partial charge in [-0.15, -0.1) is 0 Å². The molecule has 0 fully saturated rings. The predicted molar refractivity (Wildman–Crippen MR) is 196 cm³/mol. The van der Waals surface area contributed by atoms with Gasteiger partial charge in [0, 0.05) is 34.8 Å². The zero-order valence-corrected chi connectivity index (χ0v) is 25.6. The highest BCUT2D eigenvalue weighted by Crippen LogP contribution is 2.40. The van der Waals surface area contributed by atoms with Crippen molar-refractivity contribution in [2.75, 3.05) is 4.90 Å². The number of hydrogen-bond donors (Lipinski definition) is 0. The molecule has 0 N–H and O–H groups in total. The van der Waals surface area contributed by atoms with Gasteiger partial charge in [-0.1, -0.05) is 134 Å². The Morgan fingerprint density at radius 2 is 1.24 bits per heavy atom. The lowest BCUT2D eigenvalue weighted by Gasteiger charge is -2.23. The van der Waals surface area contributed by atoms with E-state index >= 15 is 0 Å². The summed E-state index contributed by atoms with van der Waals surface area (Å²) in [5.41, 5.74) is 11.5. The fourth-order valence-electron chi connectivity index (χ4n) is 6.05. The summed E-state index contributed by atoms with van der Waals surface area (Å²) in [7, 11) is 0. The van der Waals surface area contributed by atoms with Crippen LogP contribution in [0.2, 0.25) is 0 Å². The Morgan fingerprint density at radius 1 is 0.565 bits per heavy atom. The van der Waals surface area contributed by atoms with Crippen molar-refractivity contribution in [3.63, 3.8) is 0 Å². The summed E-state index contributed by atoms with van der Waals surface area (Å²) in [6.07, 6.45) is 10.4.